The monoisotopic (exact) mass is 572 g/mol. The molecule has 0 spiro atoms. The van der Waals surface area contributed by atoms with E-state index in [9.17, 15) is 29.1 Å². The first-order chi connectivity index (χ1) is 19.0. The van der Waals surface area contributed by atoms with Crippen LogP contribution in [0.25, 0.3) is 0 Å². The van der Waals surface area contributed by atoms with Crippen molar-refractivity contribution in [2.45, 2.75) is 71.8 Å². The van der Waals surface area contributed by atoms with Gasteiger partial charge in [-0.05, 0) is 71.4 Å². The van der Waals surface area contributed by atoms with Crippen LogP contribution in [0.1, 0.15) is 53.5 Å². The first-order valence-corrected chi connectivity index (χ1v) is 12.6. The molecule has 0 aromatic heterocycles. The number of ether oxygens (including phenoxy) is 3. The molecule has 41 heavy (non-hydrogen) atoms. The average Bonchev–Trinajstić information content (AvgIpc) is 2.84. The number of carbonyl (C=O) groups is 5. The van der Waals surface area contributed by atoms with Crippen LogP contribution >= 0.6 is 0 Å². The smallest absolute Gasteiger partial charge is 0.434 e. The molecule has 4 N–H and O–H groups in total. The number of carbonyl (C=O) groups excluding carboxylic acids is 4. The lowest BCUT2D eigenvalue weighted by molar-refractivity contribution is -0.139. The fourth-order valence-electron chi connectivity index (χ4n) is 3.12. The van der Waals surface area contributed by atoms with Gasteiger partial charge >= 0.3 is 24.2 Å². The van der Waals surface area contributed by atoms with Gasteiger partial charge in [-0.25, -0.2) is 14.4 Å². The number of nitrogens with zero attached hydrogens (tertiary/aromatic N) is 1. The van der Waals surface area contributed by atoms with Gasteiger partial charge in [0.05, 0.1) is 12.1 Å². The third-order valence-corrected chi connectivity index (χ3v) is 4.77. The number of hydrogen-bond acceptors (Lipinski definition) is 8. The topological polar surface area (TPSA) is 173 Å². The molecular weight excluding hydrogens is 536 g/mol. The van der Waals surface area contributed by atoms with Gasteiger partial charge < -0.3 is 24.6 Å². The third-order valence-electron chi connectivity index (χ3n) is 4.77. The number of rotatable bonds is 8. The van der Waals surface area contributed by atoms with Gasteiger partial charge in [0.2, 0.25) is 0 Å². The van der Waals surface area contributed by atoms with Crippen LogP contribution in [0.4, 0.5) is 25.8 Å². The van der Waals surface area contributed by atoms with E-state index in [1.807, 2.05) is 30.3 Å². The first-order valence-electron chi connectivity index (χ1n) is 12.6. The number of carboxylic acid groups (broad SMARTS) is 1. The zero-order valence-electron chi connectivity index (χ0n) is 23.8. The summed E-state index contributed by atoms with van der Waals surface area (Å²) in [5.41, 5.74) is 1.71. The Morgan fingerprint density at radius 3 is 1.95 bits per heavy atom. The number of benzene rings is 2. The Morgan fingerprint density at radius 1 is 0.829 bits per heavy atom. The van der Waals surface area contributed by atoms with Crippen molar-refractivity contribution in [3.05, 3.63) is 60.2 Å². The van der Waals surface area contributed by atoms with E-state index in [1.165, 1.54) is 24.3 Å². The number of nitrogens with one attached hydrogen (secondary N) is 3. The zero-order chi connectivity index (χ0) is 30.8. The highest BCUT2D eigenvalue weighted by Crippen LogP contribution is 2.20. The summed E-state index contributed by atoms with van der Waals surface area (Å²) >= 11 is 0. The van der Waals surface area contributed by atoms with Crippen LogP contribution in [0.15, 0.2) is 54.6 Å². The number of hydrogen-bond donors (Lipinski definition) is 4. The molecule has 1 atom stereocenters. The van der Waals surface area contributed by atoms with E-state index >= 15 is 0 Å². The minimum absolute atomic E-state index is 0.0675. The molecule has 13 nitrogen and oxygen atoms in total. The molecule has 0 aliphatic carbocycles. The highest BCUT2D eigenvalue weighted by Gasteiger charge is 2.31. The molecule has 2 aromatic carbocycles. The van der Waals surface area contributed by atoms with Crippen molar-refractivity contribution in [3.63, 3.8) is 0 Å². The summed E-state index contributed by atoms with van der Waals surface area (Å²) in [4.78, 5) is 61.9. The molecule has 222 valence electrons. The molecule has 0 fully saturated rings. The lowest BCUT2D eigenvalue weighted by Crippen LogP contribution is -2.56. The molecule has 4 amide bonds. The highest BCUT2D eigenvalue weighted by atomic mass is 16.6. The van der Waals surface area contributed by atoms with E-state index < -0.39 is 53.8 Å². The second kappa shape index (κ2) is 14.0. The summed E-state index contributed by atoms with van der Waals surface area (Å²) in [5.74, 6) is -2.39. The first kappa shape index (κ1) is 32.4. The van der Waals surface area contributed by atoms with Crippen LogP contribution in [0, 0.1) is 0 Å². The van der Waals surface area contributed by atoms with Gasteiger partial charge in [-0.1, -0.05) is 30.3 Å². The molecule has 0 bridgehead atoms. The van der Waals surface area contributed by atoms with Crippen LogP contribution in [0.2, 0.25) is 0 Å². The predicted molar refractivity (Wildman–Crippen MR) is 149 cm³/mol. The van der Waals surface area contributed by atoms with E-state index in [4.69, 9.17) is 14.2 Å². The summed E-state index contributed by atoms with van der Waals surface area (Å²) in [6, 6.07) is 13.2. The van der Waals surface area contributed by atoms with Gasteiger partial charge in [0.25, 0.3) is 5.91 Å². The fourth-order valence-corrected chi connectivity index (χ4v) is 3.12. The lowest BCUT2D eigenvalue weighted by Gasteiger charge is -2.29. The average molecular weight is 573 g/mol. The number of aliphatic carboxylic acids is 1. The summed E-state index contributed by atoms with van der Waals surface area (Å²) in [7, 11) is 0. The molecule has 0 aliphatic heterocycles. The molecule has 0 radical (unpaired) electrons. The zero-order valence-corrected chi connectivity index (χ0v) is 23.8. The standard InChI is InChI=1S/C28H36N4O9/c1-27(2,3)40-25(37)30-21(16-22(33)34)23(35)31-32(26(38)41-28(4,5)6)20-14-12-19(13-15-20)29-24(36)39-17-18-10-8-7-9-11-18/h7-15,21H,16-17H2,1-6H3,(H,29,36)(H,30,37)(H,31,35)(H,33,34)/t21-/m0/s1. The Labute approximate surface area is 238 Å². The Morgan fingerprint density at radius 2 is 1.41 bits per heavy atom. The Kier molecular flexibility index (Phi) is 11.1. The molecule has 0 saturated heterocycles. The molecule has 2 aromatic rings. The Bertz CT molecular complexity index is 1220. The maximum atomic E-state index is 13.1. The van der Waals surface area contributed by atoms with Crippen molar-refractivity contribution in [2.75, 3.05) is 10.3 Å². The number of hydrazine groups is 1. The minimum atomic E-state index is -1.59. The van der Waals surface area contributed by atoms with Crippen molar-refractivity contribution in [1.82, 2.24) is 10.7 Å². The van der Waals surface area contributed by atoms with E-state index in [1.54, 1.807) is 41.5 Å². The van der Waals surface area contributed by atoms with Gasteiger partial charge in [-0.3, -0.25) is 20.3 Å². The molecule has 0 saturated carbocycles. The van der Waals surface area contributed by atoms with Gasteiger partial charge in [0.1, 0.15) is 23.9 Å². The SMILES string of the molecule is CC(C)(C)OC(=O)N[C@@H](CC(=O)O)C(=O)NN(C(=O)OC(C)(C)C)c1ccc(NC(=O)OCc2ccccc2)cc1. The summed E-state index contributed by atoms with van der Waals surface area (Å²) < 4.78 is 15.7. The van der Waals surface area contributed by atoms with Crippen molar-refractivity contribution in [3.8, 4) is 0 Å². The summed E-state index contributed by atoms with van der Waals surface area (Å²) in [5, 5.41) is 14.8. The molecule has 0 aliphatic rings. The normalized spacial score (nSPS) is 11.9. The molecule has 0 unspecified atom stereocenters. The van der Waals surface area contributed by atoms with Gasteiger partial charge in [-0.15, -0.1) is 0 Å². The molecule has 2 rings (SSSR count). The van der Waals surface area contributed by atoms with Crippen LogP contribution < -0.4 is 21.1 Å². The summed E-state index contributed by atoms with van der Waals surface area (Å²) in [6.07, 6.45) is -3.50. The number of alkyl carbamates (subject to hydrolysis) is 1. The summed E-state index contributed by atoms with van der Waals surface area (Å²) in [6.45, 7) is 9.74. The molecule has 0 heterocycles. The maximum Gasteiger partial charge on any atom is 0.434 e. The number of carboxylic acids is 1. The van der Waals surface area contributed by atoms with Crippen molar-refractivity contribution >= 4 is 41.5 Å². The van der Waals surface area contributed by atoms with Crippen molar-refractivity contribution in [2.24, 2.45) is 0 Å². The second-order valence-electron chi connectivity index (χ2n) is 10.8. The third kappa shape index (κ3) is 12.3. The van der Waals surface area contributed by atoms with Gasteiger partial charge in [0, 0.05) is 5.69 Å². The molecule has 13 heteroatoms. The quantitative estimate of drug-likeness (QED) is 0.261. The van der Waals surface area contributed by atoms with Gasteiger partial charge in [0.15, 0.2) is 0 Å². The van der Waals surface area contributed by atoms with E-state index in [0.717, 1.165) is 10.6 Å². The predicted octanol–water partition coefficient (Wildman–Crippen LogP) is 4.58. The van der Waals surface area contributed by atoms with E-state index in [-0.39, 0.29) is 12.3 Å². The minimum Gasteiger partial charge on any atom is -0.481 e. The van der Waals surface area contributed by atoms with E-state index in [2.05, 4.69) is 16.1 Å². The molecular formula is C28H36N4O9. The van der Waals surface area contributed by atoms with Gasteiger partial charge in [-0.2, -0.15) is 5.01 Å². The number of anilines is 2. The van der Waals surface area contributed by atoms with Crippen LogP contribution in [0.3, 0.4) is 0 Å². The highest BCUT2D eigenvalue weighted by molar-refractivity contribution is 5.96. The fraction of sp³-hybridized carbons (Fsp3) is 0.393. The Balaban J connectivity index is 2.19. The van der Waals surface area contributed by atoms with Crippen molar-refractivity contribution < 1.29 is 43.3 Å². The largest absolute Gasteiger partial charge is 0.481 e. The Hall–Kier alpha value is -4.81. The van der Waals surface area contributed by atoms with Crippen molar-refractivity contribution in [1.29, 1.82) is 0 Å². The van der Waals surface area contributed by atoms with E-state index in [0.29, 0.717) is 5.69 Å². The lowest BCUT2D eigenvalue weighted by atomic mass is 10.2. The second-order valence-corrected chi connectivity index (χ2v) is 10.8. The maximum absolute atomic E-state index is 13.1. The van der Waals surface area contributed by atoms with Crippen LogP contribution in [0.5, 0.6) is 0 Å². The number of amides is 4. The van der Waals surface area contributed by atoms with Crippen LogP contribution in [-0.4, -0.2) is 52.5 Å². The van der Waals surface area contributed by atoms with Crippen LogP contribution in [-0.2, 0) is 30.4 Å².